The zero-order valence-corrected chi connectivity index (χ0v) is 18.4. The standard InChI is InChI=1S/C26H33NO4/c1-29-24-10-3-2-9-23(24)22-8-4-6-20(16-22)17-26(11-14-30-15-12-26)25(28)27-18-21-7-5-13-31-19-21/h2-4,6,8-10,16,21H,5,7,11-15,17-19H2,1H3,(H,27,28)/t21-/m0/s1. The molecule has 0 unspecified atom stereocenters. The summed E-state index contributed by atoms with van der Waals surface area (Å²) in [7, 11) is 1.70. The van der Waals surface area contributed by atoms with Crippen LogP contribution in [0, 0.1) is 11.3 Å². The lowest BCUT2D eigenvalue weighted by molar-refractivity contribution is -0.137. The number of methoxy groups -OCH3 is 1. The highest BCUT2D eigenvalue weighted by atomic mass is 16.5. The molecule has 166 valence electrons. The molecule has 1 N–H and O–H groups in total. The van der Waals surface area contributed by atoms with Crippen molar-refractivity contribution in [2.75, 3.05) is 40.1 Å². The summed E-state index contributed by atoms with van der Waals surface area (Å²) in [5.41, 5.74) is 2.92. The van der Waals surface area contributed by atoms with E-state index in [1.807, 2.05) is 18.2 Å². The van der Waals surface area contributed by atoms with Crippen LogP contribution in [0.1, 0.15) is 31.2 Å². The van der Waals surface area contributed by atoms with Crippen molar-refractivity contribution >= 4 is 5.91 Å². The second kappa shape index (κ2) is 10.3. The number of rotatable bonds is 7. The molecule has 5 heteroatoms. The molecule has 0 bridgehead atoms. The molecule has 2 aromatic carbocycles. The number of benzene rings is 2. The zero-order valence-electron chi connectivity index (χ0n) is 18.4. The Bertz CT molecular complexity index is 869. The molecule has 5 nitrogen and oxygen atoms in total. The Morgan fingerprint density at radius 2 is 1.94 bits per heavy atom. The summed E-state index contributed by atoms with van der Waals surface area (Å²) in [6.45, 7) is 3.55. The predicted octanol–water partition coefficient (Wildman–Crippen LogP) is 4.24. The topological polar surface area (TPSA) is 56.8 Å². The van der Waals surface area contributed by atoms with Crippen molar-refractivity contribution in [1.29, 1.82) is 0 Å². The first kappa shape index (κ1) is 21.8. The Labute approximate surface area is 185 Å². The number of hydrogen-bond acceptors (Lipinski definition) is 4. The van der Waals surface area contributed by atoms with Crippen LogP contribution in [-0.2, 0) is 20.7 Å². The van der Waals surface area contributed by atoms with E-state index < -0.39 is 5.41 Å². The molecule has 2 aliphatic rings. The second-order valence-corrected chi connectivity index (χ2v) is 8.76. The van der Waals surface area contributed by atoms with Crippen molar-refractivity contribution < 1.29 is 19.0 Å². The van der Waals surface area contributed by atoms with Gasteiger partial charge in [-0.3, -0.25) is 4.79 Å². The fourth-order valence-electron chi connectivity index (χ4n) is 4.76. The van der Waals surface area contributed by atoms with E-state index in [-0.39, 0.29) is 5.91 Å². The molecule has 0 spiro atoms. The fourth-order valence-corrected chi connectivity index (χ4v) is 4.76. The lowest BCUT2D eigenvalue weighted by Gasteiger charge is -2.36. The van der Waals surface area contributed by atoms with Gasteiger partial charge in [0.1, 0.15) is 5.75 Å². The smallest absolute Gasteiger partial charge is 0.226 e. The van der Waals surface area contributed by atoms with Gasteiger partial charge in [0.05, 0.1) is 19.1 Å². The highest BCUT2D eigenvalue weighted by molar-refractivity contribution is 5.83. The molecule has 0 aromatic heterocycles. The van der Waals surface area contributed by atoms with Crippen molar-refractivity contribution in [1.82, 2.24) is 5.32 Å². The van der Waals surface area contributed by atoms with Crippen LogP contribution in [0.25, 0.3) is 11.1 Å². The van der Waals surface area contributed by atoms with Gasteiger partial charge in [-0.1, -0.05) is 42.5 Å². The molecule has 1 amide bonds. The van der Waals surface area contributed by atoms with Crippen LogP contribution in [0.5, 0.6) is 5.75 Å². The Kier molecular flexibility index (Phi) is 7.25. The molecule has 31 heavy (non-hydrogen) atoms. The third-order valence-corrected chi connectivity index (χ3v) is 6.62. The molecular weight excluding hydrogens is 390 g/mol. The first-order chi connectivity index (χ1) is 15.2. The third kappa shape index (κ3) is 5.28. The van der Waals surface area contributed by atoms with Crippen LogP contribution in [-0.4, -0.2) is 46.0 Å². The summed E-state index contributed by atoms with van der Waals surface area (Å²) in [5, 5.41) is 3.25. The average molecular weight is 424 g/mol. The van der Waals surface area contributed by atoms with Crippen molar-refractivity contribution in [3.05, 3.63) is 54.1 Å². The summed E-state index contributed by atoms with van der Waals surface area (Å²) in [6, 6.07) is 16.5. The number of carbonyl (C=O) groups excluding carboxylic acids is 1. The maximum absolute atomic E-state index is 13.4. The molecule has 0 aliphatic carbocycles. The third-order valence-electron chi connectivity index (χ3n) is 6.62. The summed E-state index contributed by atoms with van der Waals surface area (Å²) in [5.74, 6) is 1.43. The average Bonchev–Trinajstić information content (AvgIpc) is 2.84. The minimum Gasteiger partial charge on any atom is -0.496 e. The fraction of sp³-hybridized carbons (Fsp3) is 0.500. The van der Waals surface area contributed by atoms with Crippen molar-refractivity contribution in [2.24, 2.45) is 11.3 Å². The molecular formula is C26H33NO4. The molecule has 1 atom stereocenters. The van der Waals surface area contributed by atoms with Gasteiger partial charge in [-0.25, -0.2) is 0 Å². The largest absolute Gasteiger partial charge is 0.496 e. The SMILES string of the molecule is COc1ccccc1-c1cccc(CC2(C(=O)NC[C@@H]3CCCOC3)CCOCC2)c1. The van der Waals surface area contributed by atoms with E-state index in [0.717, 1.165) is 55.8 Å². The van der Waals surface area contributed by atoms with Gasteiger partial charge in [-0.2, -0.15) is 0 Å². The number of nitrogens with one attached hydrogen (secondary N) is 1. The first-order valence-electron chi connectivity index (χ1n) is 11.4. The van der Waals surface area contributed by atoms with E-state index in [9.17, 15) is 4.79 Å². The normalized spacial score (nSPS) is 20.7. The molecule has 2 fully saturated rings. The minimum atomic E-state index is -0.423. The summed E-state index contributed by atoms with van der Waals surface area (Å²) in [4.78, 5) is 13.4. The van der Waals surface area contributed by atoms with Crippen molar-refractivity contribution in [2.45, 2.75) is 32.1 Å². The van der Waals surface area contributed by atoms with Gasteiger partial charge in [0, 0.05) is 31.9 Å². The van der Waals surface area contributed by atoms with Gasteiger partial charge in [-0.15, -0.1) is 0 Å². The lowest BCUT2D eigenvalue weighted by atomic mass is 9.74. The Morgan fingerprint density at radius 3 is 2.71 bits per heavy atom. The predicted molar refractivity (Wildman–Crippen MR) is 121 cm³/mol. The van der Waals surface area contributed by atoms with E-state index in [1.54, 1.807) is 7.11 Å². The molecule has 0 saturated carbocycles. The zero-order chi connectivity index (χ0) is 21.5. The second-order valence-electron chi connectivity index (χ2n) is 8.76. The highest BCUT2D eigenvalue weighted by Gasteiger charge is 2.40. The van der Waals surface area contributed by atoms with Crippen LogP contribution in [0.2, 0.25) is 0 Å². The van der Waals surface area contributed by atoms with Gasteiger partial charge in [-0.05, 0) is 55.2 Å². The monoisotopic (exact) mass is 423 g/mol. The molecule has 2 aliphatic heterocycles. The quantitative estimate of drug-likeness (QED) is 0.724. The van der Waals surface area contributed by atoms with Crippen LogP contribution in [0.15, 0.2) is 48.5 Å². The van der Waals surface area contributed by atoms with Crippen LogP contribution < -0.4 is 10.1 Å². The van der Waals surface area contributed by atoms with E-state index in [2.05, 4.69) is 35.6 Å². The molecule has 4 rings (SSSR count). The van der Waals surface area contributed by atoms with Crippen LogP contribution >= 0.6 is 0 Å². The maximum Gasteiger partial charge on any atom is 0.226 e. The van der Waals surface area contributed by atoms with Crippen LogP contribution in [0.4, 0.5) is 0 Å². The van der Waals surface area contributed by atoms with Gasteiger partial charge < -0.3 is 19.5 Å². The molecule has 0 radical (unpaired) electrons. The number of carbonyl (C=O) groups is 1. The van der Waals surface area contributed by atoms with Gasteiger partial charge >= 0.3 is 0 Å². The van der Waals surface area contributed by atoms with Gasteiger partial charge in [0.15, 0.2) is 0 Å². The Hall–Kier alpha value is -2.37. The number of ether oxygens (including phenoxy) is 3. The molecule has 2 saturated heterocycles. The van der Waals surface area contributed by atoms with E-state index in [0.29, 0.717) is 32.1 Å². The summed E-state index contributed by atoms with van der Waals surface area (Å²) < 4.78 is 16.7. The maximum atomic E-state index is 13.4. The molecule has 2 aromatic rings. The van der Waals surface area contributed by atoms with Crippen LogP contribution in [0.3, 0.4) is 0 Å². The van der Waals surface area contributed by atoms with E-state index in [1.165, 1.54) is 5.56 Å². The molecule has 2 heterocycles. The Morgan fingerprint density at radius 1 is 1.10 bits per heavy atom. The number of amides is 1. The van der Waals surface area contributed by atoms with E-state index >= 15 is 0 Å². The number of para-hydroxylation sites is 1. The number of hydrogen-bond donors (Lipinski definition) is 1. The van der Waals surface area contributed by atoms with Gasteiger partial charge in [0.25, 0.3) is 0 Å². The summed E-state index contributed by atoms with van der Waals surface area (Å²) >= 11 is 0. The Balaban J connectivity index is 1.51. The minimum absolute atomic E-state index is 0.157. The van der Waals surface area contributed by atoms with E-state index in [4.69, 9.17) is 14.2 Å². The highest BCUT2D eigenvalue weighted by Crippen LogP contribution is 2.37. The summed E-state index contributed by atoms with van der Waals surface area (Å²) in [6.07, 6.45) is 4.41. The van der Waals surface area contributed by atoms with Gasteiger partial charge in [0.2, 0.25) is 5.91 Å². The van der Waals surface area contributed by atoms with Crippen molar-refractivity contribution in [3.63, 3.8) is 0 Å². The lowest BCUT2D eigenvalue weighted by Crippen LogP contribution is -2.47. The van der Waals surface area contributed by atoms with Crippen molar-refractivity contribution in [3.8, 4) is 16.9 Å². The first-order valence-corrected chi connectivity index (χ1v) is 11.4.